The number of carbonyl (C=O) groups is 3. The number of rotatable bonds is 13. The maximum Gasteiger partial charge on any atom is 0.404 e. The van der Waals surface area contributed by atoms with Gasteiger partial charge in [0.25, 0.3) is 0 Å². The summed E-state index contributed by atoms with van der Waals surface area (Å²) in [6.45, 7) is 6.50. The van der Waals surface area contributed by atoms with E-state index < -0.39 is 23.7 Å². The van der Waals surface area contributed by atoms with Gasteiger partial charge in [-0.25, -0.2) is 9.59 Å². The Morgan fingerprint density at radius 2 is 1.65 bits per heavy atom. The molecule has 0 saturated carbocycles. The van der Waals surface area contributed by atoms with Crippen molar-refractivity contribution < 1.29 is 29.0 Å². The third-order valence-electron chi connectivity index (χ3n) is 7.58. The van der Waals surface area contributed by atoms with Gasteiger partial charge in [-0.2, -0.15) is 0 Å². The first-order valence-corrected chi connectivity index (χ1v) is 14.1. The van der Waals surface area contributed by atoms with Crippen molar-refractivity contribution in [2.24, 2.45) is 11.1 Å². The van der Waals surface area contributed by atoms with Crippen LogP contribution in [0.4, 0.5) is 4.79 Å². The summed E-state index contributed by atoms with van der Waals surface area (Å²) in [6.07, 6.45) is 5.78. The van der Waals surface area contributed by atoms with Gasteiger partial charge in [0.2, 0.25) is 5.91 Å². The highest BCUT2D eigenvalue weighted by atomic mass is 16.5. The topological polar surface area (TPSA) is 119 Å². The van der Waals surface area contributed by atoms with E-state index in [4.69, 9.17) is 15.2 Å². The van der Waals surface area contributed by atoms with E-state index >= 15 is 0 Å². The van der Waals surface area contributed by atoms with Gasteiger partial charge in [-0.3, -0.25) is 4.79 Å². The number of methoxy groups -OCH3 is 1. The van der Waals surface area contributed by atoms with Crippen LogP contribution < -0.4 is 5.73 Å². The maximum atomic E-state index is 13.1. The highest BCUT2D eigenvalue weighted by Gasteiger charge is 2.50. The molecule has 1 aliphatic heterocycles. The van der Waals surface area contributed by atoms with Crippen molar-refractivity contribution in [1.82, 2.24) is 4.90 Å². The number of likely N-dealkylation sites (tertiary alicyclic amines) is 1. The molecule has 2 aromatic carbocycles. The Morgan fingerprint density at radius 3 is 2.27 bits per heavy atom. The lowest BCUT2D eigenvalue weighted by Crippen LogP contribution is -2.42. The van der Waals surface area contributed by atoms with Crippen molar-refractivity contribution in [3.05, 3.63) is 59.7 Å². The Hall–Kier alpha value is -3.39. The lowest BCUT2D eigenvalue weighted by molar-refractivity contribution is -0.149. The number of aryl methyl sites for hydroxylation is 1. The molecule has 40 heavy (non-hydrogen) atoms. The molecule has 8 heteroatoms. The highest BCUT2D eigenvalue weighted by molar-refractivity contribution is 5.85. The first kappa shape index (κ1) is 31.1. The molecule has 3 rings (SSSR count). The van der Waals surface area contributed by atoms with E-state index in [0.717, 1.165) is 49.7 Å². The molecule has 3 N–H and O–H groups in total. The first-order chi connectivity index (χ1) is 19.0. The van der Waals surface area contributed by atoms with E-state index in [1.54, 1.807) is 7.11 Å². The van der Waals surface area contributed by atoms with E-state index in [1.807, 2.05) is 39.0 Å². The zero-order chi connectivity index (χ0) is 29.3. The number of carboxylic acids is 1. The molecule has 2 atom stereocenters. The number of carboxylic acid groups (broad SMARTS) is 1. The number of nitrogens with two attached hydrogens (primary N) is 1. The summed E-state index contributed by atoms with van der Waals surface area (Å²) in [7, 11) is 1.59. The number of nitrogens with zero attached hydrogens (tertiary/aromatic N) is 1. The zero-order valence-electron chi connectivity index (χ0n) is 24.3. The molecule has 8 nitrogen and oxygen atoms in total. The zero-order valence-corrected chi connectivity index (χ0v) is 24.3. The molecule has 1 fully saturated rings. The molecule has 0 radical (unpaired) electrons. The van der Waals surface area contributed by atoms with Gasteiger partial charge in [0.1, 0.15) is 11.6 Å². The number of hydrogen-bond donors (Lipinski definition) is 2. The number of amides is 2. The van der Waals surface area contributed by atoms with Crippen LogP contribution in [-0.4, -0.2) is 54.3 Å². The summed E-state index contributed by atoms with van der Waals surface area (Å²) >= 11 is 0. The monoisotopic (exact) mass is 552 g/mol. The van der Waals surface area contributed by atoms with E-state index in [9.17, 15) is 19.5 Å². The summed E-state index contributed by atoms with van der Waals surface area (Å²) in [5.41, 5.74) is 8.27. The van der Waals surface area contributed by atoms with Crippen LogP contribution in [0.3, 0.4) is 0 Å². The summed E-state index contributed by atoms with van der Waals surface area (Å²) in [4.78, 5) is 37.3. The highest BCUT2D eigenvalue weighted by Crippen LogP contribution is 2.41. The summed E-state index contributed by atoms with van der Waals surface area (Å²) < 4.78 is 10.7. The summed E-state index contributed by atoms with van der Waals surface area (Å²) in [5, 5.41) is 9.92. The molecule has 1 aliphatic rings. The van der Waals surface area contributed by atoms with Crippen molar-refractivity contribution in [3.8, 4) is 11.1 Å². The molecule has 0 aliphatic carbocycles. The molecule has 2 aromatic rings. The molecule has 0 bridgehead atoms. The van der Waals surface area contributed by atoms with Gasteiger partial charge >= 0.3 is 12.1 Å². The molecule has 2 amide bonds. The molecule has 218 valence electrons. The number of benzene rings is 2. The minimum absolute atomic E-state index is 0.164. The number of aliphatic carboxylic acids is 1. The number of ether oxygens (including phenoxy) is 2. The van der Waals surface area contributed by atoms with E-state index in [2.05, 4.69) is 30.3 Å². The second-order valence-electron chi connectivity index (χ2n) is 11.9. The van der Waals surface area contributed by atoms with Gasteiger partial charge < -0.3 is 25.2 Å². The molecule has 0 spiro atoms. The van der Waals surface area contributed by atoms with Gasteiger partial charge in [0, 0.05) is 20.0 Å². The smallest absolute Gasteiger partial charge is 0.404 e. The third kappa shape index (κ3) is 8.31. The Labute approximate surface area is 237 Å². The van der Waals surface area contributed by atoms with E-state index in [1.165, 1.54) is 16.0 Å². The lowest BCUT2D eigenvalue weighted by atomic mass is 9.88. The quantitative estimate of drug-likeness (QED) is 0.298. The fourth-order valence-corrected chi connectivity index (χ4v) is 5.48. The molecule has 0 unspecified atom stereocenters. The van der Waals surface area contributed by atoms with Crippen molar-refractivity contribution in [2.75, 3.05) is 20.3 Å². The van der Waals surface area contributed by atoms with Crippen molar-refractivity contribution in [3.63, 3.8) is 0 Å². The van der Waals surface area contributed by atoms with Crippen LogP contribution in [0, 0.1) is 5.41 Å². The van der Waals surface area contributed by atoms with Crippen molar-refractivity contribution in [1.29, 1.82) is 0 Å². The summed E-state index contributed by atoms with van der Waals surface area (Å²) in [5.74, 6) is -1.17. The predicted molar refractivity (Wildman–Crippen MR) is 155 cm³/mol. The largest absolute Gasteiger partial charge is 0.480 e. The van der Waals surface area contributed by atoms with Crippen molar-refractivity contribution >= 4 is 18.0 Å². The predicted octanol–water partition coefficient (Wildman–Crippen LogP) is 5.91. The Balaban J connectivity index is 1.69. The fourth-order valence-electron chi connectivity index (χ4n) is 5.48. The Bertz CT molecular complexity index is 1160. The third-order valence-corrected chi connectivity index (χ3v) is 7.58. The SMILES string of the molecule is CO[C@@]1(c2ccc(-c3ccccc3CCCCCCCOC(N)=O)cc2)C[C@@H](C(=O)O)N(C(=O)CC(C)(C)C)C1. The van der Waals surface area contributed by atoms with Crippen molar-refractivity contribution in [2.45, 2.75) is 83.8 Å². The number of hydrogen-bond acceptors (Lipinski definition) is 5. The van der Waals surface area contributed by atoms with E-state index in [0.29, 0.717) is 6.61 Å². The number of unbranched alkanes of at least 4 members (excludes halogenated alkanes) is 4. The van der Waals surface area contributed by atoms with Crippen LogP contribution in [-0.2, 0) is 31.1 Å². The Kier molecular flexibility index (Phi) is 10.7. The molecule has 1 saturated heterocycles. The molecule has 0 aromatic heterocycles. The second-order valence-corrected chi connectivity index (χ2v) is 11.9. The minimum atomic E-state index is -1.01. The van der Waals surface area contributed by atoms with Crippen LogP contribution in [0.2, 0.25) is 0 Å². The van der Waals surface area contributed by atoms with Crippen LogP contribution in [0.25, 0.3) is 11.1 Å². The standard InChI is InChI=1S/C32H44N2O6/c1-31(2,3)21-28(35)34-22-32(39-4,20-27(34)29(36)37)25-17-15-24(16-18-25)26-14-10-9-13-23(26)12-8-6-5-7-11-19-40-30(33)38/h9-10,13-18,27H,5-8,11-12,19-22H2,1-4H3,(H2,33,38)(H,36,37)/t27-,32-/m0/s1. The second kappa shape index (κ2) is 13.8. The van der Waals surface area contributed by atoms with Crippen LogP contribution >= 0.6 is 0 Å². The number of carbonyl (C=O) groups excluding carboxylic acids is 2. The lowest BCUT2D eigenvalue weighted by Gasteiger charge is -2.29. The molecule has 1 heterocycles. The van der Waals surface area contributed by atoms with E-state index in [-0.39, 0.29) is 30.7 Å². The summed E-state index contributed by atoms with van der Waals surface area (Å²) in [6, 6.07) is 15.6. The van der Waals surface area contributed by atoms with Gasteiger partial charge in [-0.1, -0.05) is 88.6 Å². The van der Waals surface area contributed by atoms with Gasteiger partial charge in [-0.05, 0) is 46.9 Å². The minimum Gasteiger partial charge on any atom is -0.480 e. The first-order valence-electron chi connectivity index (χ1n) is 14.1. The average molecular weight is 553 g/mol. The van der Waals surface area contributed by atoms with Gasteiger partial charge in [0.15, 0.2) is 0 Å². The molecular formula is C32H44N2O6. The normalized spacial score (nSPS) is 19.0. The number of primary amides is 1. The van der Waals surface area contributed by atoms with Crippen LogP contribution in [0.15, 0.2) is 48.5 Å². The van der Waals surface area contributed by atoms with Crippen LogP contribution in [0.1, 0.15) is 76.8 Å². The maximum absolute atomic E-state index is 13.1. The van der Waals surface area contributed by atoms with Gasteiger partial charge in [0.05, 0.1) is 13.2 Å². The average Bonchev–Trinajstić information content (AvgIpc) is 3.32. The molecular weight excluding hydrogens is 508 g/mol. The Morgan fingerprint density at radius 1 is 1.00 bits per heavy atom. The van der Waals surface area contributed by atoms with Gasteiger partial charge in [-0.15, -0.1) is 0 Å². The fraction of sp³-hybridized carbons (Fsp3) is 0.531. The van der Waals surface area contributed by atoms with Crippen LogP contribution in [0.5, 0.6) is 0 Å².